The third-order valence-electron chi connectivity index (χ3n) is 3.66. The highest BCUT2D eigenvalue weighted by Gasteiger charge is 2.16. The fraction of sp³-hybridized carbons (Fsp3) is 0.211. The second-order valence-electron chi connectivity index (χ2n) is 5.23. The molecule has 0 fully saturated rings. The summed E-state index contributed by atoms with van der Waals surface area (Å²) in [6.07, 6.45) is 1.58. The summed E-state index contributed by atoms with van der Waals surface area (Å²) in [4.78, 5) is 12.6. The van der Waals surface area contributed by atoms with Gasteiger partial charge < -0.3 is 19.9 Å². The predicted molar refractivity (Wildman–Crippen MR) is 94.9 cm³/mol. The summed E-state index contributed by atoms with van der Waals surface area (Å²) in [7, 11) is 4.55. The Balaban J connectivity index is 2.38. The second kappa shape index (κ2) is 7.55. The topological polar surface area (TPSA) is 70.8 Å². The van der Waals surface area contributed by atoms with Crippen molar-refractivity contribution in [1.29, 1.82) is 0 Å². The monoisotopic (exact) mass is 327 g/mol. The van der Waals surface area contributed by atoms with Gasteiger partial charge in [0.25, 0.3) is 0 Å². The van der Waals surface area contributed by atoms with Crippen LogP contribution in [0.1, 0.15) is 22.8 Å². The minimum Gasteiger partial charge on any atom is -0.493 e. The number of anilines is 1. The SMILES string of the molecule is COc1cc(C(=O)/C=C(\C)c2ccc(N)cc2)cc(OC)c1OC. The quantitative estimate of drug-likeness (QED) is 0.499. The van der Waals surface area contributed by atoms with Crippen molar-refractivity contribution in [2.75, 3.05) is 27.1 Å². The van der Waals surface area contributed by atoms with Gasteiger partial charge in [-0.25, -0.2) is 0 Å². The Morgan fingerprint density at radius 1 is 0.917 bits per heavy atom. The molecular weight excluding hydrogens is 306 g/mol. The lowest BCUT2D eigenvalue weighted by atomic mass is 10.0. The lowest BCUT2D eigenvalue weighted by Crippen LogP contribution is -2.01. The molecule has 0 spiro atoms. The summed E-state index contributed by atoms with van der Waals surface area (Å²) in [5.74, 6) is 1.19. The molecule has 2 N–H and O–H groups in total. The smallest absolute Gasteiger partial charge is 0.203 e. The molecule has 0 aliphatic heterocycles. The van der Waals surface area contributed by atoms with Crippen LogP contribution in [0, 0.1) is 0 Å². The number of benzene rings is 2. The van der Waals surface area contributed by atoms with Crippen LogP contribution in [0.3, 0.4) is 0 Å². The average molecular weight is 327 g/mol. The van der Waals surface area contributed by atoms with Crippen molar-refractivity contribution in [2.24, 2.45) is 0 Å². The Kier molecular flexibility index (Phi) is 5.47. The molecular formula is C19H21NO4. The zero-order valence-corrected chi connectivity index (χ0v) is 14.3. The van der Waals surface area contributed by atoms with Gasteiger partial charge in [-0.15, -0.1) is 0 Å². The molecule has 24 heavy (non-hydrogen) atoms. The number of allylic oxidation sites excluding steroid dienone is 2. The van der Waals surface area contributed by atoms with Crippen LogP contribution in [0.15, 0.2) is 42.5 Å². The van der Waals surface area contributed by atoms with Crippen LogP contribution in [0.25, 0.3) is 5.57 Å². The summed E-state index contributed by atoms with van der Waals surface area (Å²) >= 11 is 0. The van der Waals surface area contributed by atoms with Gasteiger partial charge in [-0.2, -0.15) is 0 Å². The van der Waals surface area contributed by atoms with Crippen molar-refractivity contribution >= 4 is 17.0 Å². The molecule has 5 nitrogen and oxygen atoms in total. The van der Waals surface area contributed by atoms with Gasteiger partial charge in [0, 0.05) is 11.3 Å². The molecule has 0 atom stereocenters. The molecule has 0 aromatic heterocycles. The maximum Gasteiger partial charge on any atom is 0.203 e. The van der Waals surface area contributed by atoms with Crippen LogP contribution >= 0.6 is 0 Å². The van der Waals surface area contributed by atoms with Gasteiger partial charge in [-0.05, 0) is 48.4 Å². The first-order valence-electron chi connectivity index (χ1n) is 7.38. The molecule has 126 valence electrons. The molecule has 0 heterocycles. The van der Waals surface area contributed by atoms with E-state index in [0.717, 1.165) is 11.1 Å². The standard InChI is InChI=1S/C19H21NO4/c1-12(13-5-7-15(20)8-6-13)9-16(21)14-10-17(22-2)19(24-4)18(11-14)23-3/h5-11H,20H2,1-4H3/b12-9+. The number of ether oxygens (including phenoxy) is 3. The Morgan fingerprint density at radius 2 is 1.46 bits per heavy atom. The normalized spacial score (nSPS) is 11.1. The number of ketones is 1. The Labute approximate surface area is 141 Å². The second-order valence-corrected chi connectivity index (χ2v) is 5.23. The molecule has 0 radical (unpaired) electrons. The molecule has 2 rings (SSSR count). The number of rotatable bonds is 6. The van der Waals surface area contributed by atoms with E-state index in [2.05, 4.69) is 0 Å². The zero-order chi connectivity index (χ0) is 17.7. The number of hydrogen-bond acceptors (Lipinski definition) is 5. The van der Waals surface area contributed by atoms with Crippen molar-refractivity contribution < 1.29 is 19.0 Å². The zero-order valence-electron chi connectivity index (χ0n) is 14.3. The van der Waals surface area contributed by atoms with E-state index in [4.69, 9.17) is 19.9 Å². The third-order valence-corrected chi connectivity index (χ3v) is 3.66. The summed E-state index contributed by atoms with van der Waals surface area (Å²) in [5.41, 5.74) is 8.60. The third kappa shape index (κ3) is 3.68. The minimum absolute atomic E-state index is 0.149. The highest BCUT2D eigenvalue weighted by molar-refractivity contribution is 6.09. The van der Waals surface area contributed by atoms with Crippen molar-refractivity contribution in [3.05, 3.63) is 53.6 Å². The summed E-state index contributed by atoms with van der Waals surface area (Å²) in [6.45, 7) is 1.88. The Bertz CT molecular complexity index is 738. The van der Waals surface area contributed by atoms with Crippen LogP contribution in [-0.4, -0.2) is 27.1 Å². The van der Waals surface area contributed by atoms with Gasteiger partial charge >= 0.3 is 0 Å². The maximum absolute atomic E-state index is 12.6. The van der Waals surface area contributed by atoms with Crippen LogP contribution in [0.5, 0.6) is 17.2 Å². The van der Waals surface area contributed by atoms with E-state index in [-0.39, 0.29) is 5.78 Å². The van der Waals surface area contributed by atoms with Crippen molar-refractivity contribution in [3.63, 3.8) is 0 Å². The van der Waals surface area contributed by atoms with E-state index in [1.54, 1.807) is 30.3 Å². The largest absolute Gasteiger partial charge is 0.493 e. The van der Waals surface area contributed by atoms with E-state index in [1.165, 1.54) is 21.3 Å². The van der Waals surface area contributed by atoms with E-state index >= 15 is 0 Å². The molecule has 0 aliphatic carbocycles. The van der Waals surface area contributed by atoms with Gasteiger partial charge in [-0.1, -0.05) is 12.1 Å². The molecule has 0 aliphatic rings. The number of carbonyl (C=O) groups is 1. The highest BCUT2D eigenvalue weighted by atomic mass is 16.5. The summed E-state index contributed by atoms with van der Waals surface area (Å²) in [5, 5.41) is 0. The van der Waals surface area contributed by atoms with E-state index in [0.29, 0.717) is 28.5 Å². The predicted octanol–water partition coefficient (Wildman–Crippen LogP) is 3.58. The molecule has 0 bridgehead atoms. The molecule has 2 aromatic carbocycles. The molecule has 0 saturated carbocycles. The number of methoxy groups -OCH3 is 3. The molecule has 0 saturated heterocycles. The van der Waals surface area contributed by atoms with E-state index in [1.807, 2.05) is 19.1 Å². The Morgan fingerprint density at radius 3 is 1.92 bits per heavy atom. The highest BCUT2D eigenvalue weighted by Crippen LogP contribution is 2.38. The van der Waals surface area contributed by atoms with Crippen LogP contribution < -0.4 is 19.9 Å². The van der Waals surface area contributed by atoms with E-state index < -0.39 is 0 Å². The van der Waals surface area contributed by atoms with E-state index in [9.17, 15) is 4.79 Å². The number of nitrogen functional groups attached to an aromatic ring is 1. The summed E-state index contributed by atoms with van der Waals surface area (Å²) < 4.78 is 15.8. The van der Waals surface area contributed by atoms with Crippen molar-refractivity contribution in [1.82, 2.24) is 0 Å². The van der Waals surface area contributed by atoms with Gasteiger partial charge in [-0.3, -0.25) is 4.79 Å². The van der Waals surface area contributed by atoms with Gasteiger partial charge in [0.1, 0.15) is 0 Å². The van der Waals surface area contributed by atoms with Gasteiger partial charge in [0.05, 0.1) is 21.3 Å². The number of hydrogen-bond donors (Lipinski definition) is 1. The first-order valence-corrected chi connectivity index (χ1v) is 7.38. The first-order chi connectivity index (χ1) is 11.5. The van der Waals surface area contributed by atoms with Crippen LogP contribution in [0.2, 0.25) is 0 Å². The number of nitrogens with two attached hydrogens (primary N) is 1. The van der Waals surface area contributed by atoms with Crippen LogP contribution in [0.4, 0.5) is 5.69 Å². The molecule has 5 heteroatoms. The fourth-order valence-electron chi connectivity index (χ4n) is 2.33. The molecule has 2 aromatic rings. The summed E-state index contributed by atoms with van der Waals surface area (Å²) in [6, 6.07) is 10.6. The van der Waals surface area contributed by atoms with Crippen LogP contribution in [-0.2, 0) is 0 Å². The van der Waals surface area contributed by atoms with Crippen molar-refractivity contribution in [3.8, 4) is 17.2 Å². The molecule has 0 unspecified atom stereocenters. The average Bonchev–Trinajstić information content (AvgIpc) is 2.60. The number of carbonyl (C=O) groups excluding carboxylic acids is 1. The molecule has 0 amide bonds. The van der Waals surface area contributed by atoms with Gasteiger partial charge in [0.2, 0.25) is 5.75 Å². The van der Waals surface area contributed by atoms with Crippen molar-refractivity contribution in [2.45, 2.75) is 6.92 Å². The lowest BCUT2D eigenvalue weighted by molar-refractivity contribution is 0.104. The first kappa shape index (κ1) is 17.4. The maximum atomic E-state index is 12.6. The Hall–Kier alpha value is -2.95. The van der Waals surface area contributed by atoms with Gasteiger partial charge in [0.15, 0.2) is 17.3 Å². The fourth-order valence-corrected chi connectivity index (χ4v) is 2.33. The lowest BCUT2D eigenvalue weighted by Gasteiger charge is -2.13. The minimum atomic E-state index is -0.149.